The van der Waals surface area contributed by atoms with Crippen LogP contribution in [0.1, 0.15) is 0 Å². The summed E-state index contributed by atoms with van der Waals surface area (Å²) in [7, 11) is 0. The number of alkyl halides is 1. The molecule has 0 saturated carbocycles. The van der Waals surface area contributed by atoms with Gasteiger partial charge in [-0.15, -0.1) is 0 Å². The second-order valence-electron chi connectivity index (χ2n) is 2.91. The summed E-state index contributed by atoms with van der Waals surface area (Å²) in [5.74, 6) is -1.76. The first kappa shape index (κ1) is 11.3. The number of aliphatic hydroxyl groups is 4. The van der Waals surface area contributed by atoms with Crippen molar-refractivity contribution in [2.45, 2.75) is 30.5 Å². The lowest BCUT2D eigenvalue weighted by molar-refractivity contribution is -0.396. The minimum atomic E-state index is -3.69. The van der Waals surface area contributed by atoms with E-state index in [0.717, 1.165) is 0 Å². The van der Waals surface area contributed by atoms with Gasteiger partial charge in [0, 0.05) is 0 Å². The second kappa shape index (κ2) is 3.41. The van der Waals surface area contributed by atoms with Crippen molar-refractivity contribution in [2.75, 3.05) is 0 Å². The average molecular weight is 212 g/mol. The fourth-order valence-corrected chi connectivity index (χ4v) is 1.09. The molecule has 0 aromatic carbocycles. The molecule has 14 heavy (non-hydrogen) atoms. The van der Waals surface area contributed by atoms with E-state index in [1.807, 2.05) is 0 Å². The molecule has 1 fully saturated rings. The third-order valence-electron chi connectivity index (χ3n) is 1.88. The Morgan fingerprint density at radius 3 is 2.21 bits per heavy atom. The molecule has 0 unspecified atom stereocenters. The molecule has 5 N–H and O–H groups in total. The van der Waals surface area contributed by atoms with Gasteiger partial charge in [-0.3, -0.25) is 0 Å². The number of ether oxygens (including phenoxy) is 1. The van der Waals surface area contributed by atoms with Gasteiger partial charge in [0.1, 0.15) is 12.2 Å². The van der Waals surface area contributed by atoms with Gasteiger partial charge >= 0.3 is 12.0 Å². The summed E-state index contributed by atoms with van der Waals surface area (Å²) in [6.45, 7) is 0. The number of aliphatic carboxylic acids is 1. The summed E-state index contributed by atoms with van der Waals surface area (Å²) < 4.78 is 16.7. The van der Waals surface area contributed by atoms with E-state index in [1.54, 1.807) is 0 Å². The molecule has 1 heterocycles. The van der Waals surface area contributed by atoms with E-state index in [1.165, 1.54) is 0 Å². The summed E-state index contributed by atoms with van der Waals surface area (Å²) in [6.07, 6.45) is -8.71. The number of carboxylic acids is 1. The molecule has 0 aromatic heterocycles. The molecule has 0 spiro atoms. The molecule has 1 aliphatic rings. The number of hydrogen-bond donors (Lipinski definition) is 5. The van der Waals surface area contributed by atoms with Gasteiger partial charge in [0.15, 0.2) is 12.2 Å². The quantitative estimate of drug-likeness (QED) is 0.317. The van der Waals surface area contributed by atoms with Crippen LogP contribution in [0.2, 0.25) is 0 Å². The van der Waals surface area contributed by atoms with Crippen LogP contribution in [0.15, 0.2) is 0 Å². The molecule has 0 bridgehead atoms. The van der Waals surface area contributed by atoms with Crippen LogP contribution in [0, 0.1) is 0 Å². The highest BCUT2D eigenvalue weighted by molar-refractivity contribution is 5.73. The van der Waals surface area contributed by atoms with Crippen LogP contribution in [0.4, 0.5) is 4.39 Å². The van der Waals surface area contributed by atoms with Crippen molar-refractivity contribution in [3.8, 4) is 0 Å². The summed E-state index contributed by atoms with van der Waals surface area (Å²) in [6, 6.07) is -3.69. The van der Waals surface area contributed by atoms with E-state index in [4.69, 9.17) is 25.5 Å². The van der Waals surface area contributed by atoms with Crippen LogP contribution >= 0.6 is 0 Å². The lowest BCUT2D eigenvalue weighted by atomic mass is 9.98. The highest BCUT2D eigenvalue weighted by Gasteiger charge is 2.55. The van der Waals surface area contributed by atoms with Crippen LogP contribution in [0.5, 0.6) is 0 Å². The van der Waals surface area contributed by atoms with Crippen molar-refractivity contribution < 1.29 is 39.5 Å². The highest BCUT2D eigenvalue weighted by Crippen LogP contribution is 2.29. The summed E-state index contributed by atoms with van der Waals surface area (Å²) in [5, 5.41) is 43.9. The first-order valence-electron chi connectivity index (χ1n) is 3.63. The third kappa shape index (κ3) is 1.70. The van der Waals surface area contributed by atoms with Crippen molar-refractivity contribution in [2.24, 2.45) is 0 Å². The molecule has 0 radical (unpaired) electrons. The zero-order valence-electron chi connectivity index (χ0n) is 6.74. The van der Waals surface area contributed by atoms with E-state index in [0.29, 0.717) is 0 Å². The van der Waals surface area contributed by atoms with E-state index in [2.05, 4.69) is 4.74 Å². The monoisotopic (exact) mass is 212 g/mol. The molecule has 82 valence electrons. The normalized spacial score (nSPS) is 48.9. The van der Waals surface area contributed by atoms with Gasteiger partial charge in [0.2, 0.25) is 0 Å². The molecular weight excluding hydrogens is 203 g/mol. The van der Waals surface area contributed by atoms with Gasteiger partial charge in [0.05, 0.1) is 0 Å². The molecule has 1 rings (SSSR count). The molecule has 0 aromatic rings. The first-order chi connectivity index (χ1) is 6.27. The minimum absolute atomic E-state index is 1.76. The number of carbonyl (C=O) groups is 1. The van der Waals surface area contributed by atoms with Crippen molar-refractivity contribution >= 4 is 5.97 Å². The highest BCUT2D eigenvalue weighted by atomic mass is 19.2. The predicted octanol–water partition coefficient (Wildman–Crippen LogP) is -2.83. The molecule has 7 nitrogen and oxygen atoms in total. The van der Waals surface area contributed by atoms with Crippen molar-refractivity contribution in [3.05, 3.63) is 0 Å². The van der Waals surface area contributed by atoms with Gasteiger partial charge in [-0.05, 0) is 0 Å². The third-order valence-corrected chi connectivity index (χ3v) is 1.88. The molecule has 5 atom stereocenters. The van der Waals surface area contributed by atoms with E-state index in [-0.39, 0.29) is 0 Å². The van der Waals surface area contributed by atoms with Crippen molar-refractivity contribution in [1.29, 1.82) is 0 Å². The van der Waals surface area contributed by atoms with Gasteiger partial charge < -0.3 is 30.3 Å². The fraction of sp³-hybridized carbons (Fsp3) is 0.833. The lowest BCUT2D eigenvalue weighted by Gasteiger charge is -2.39. The Morgan fingerprint density at radius 1 is 1.29 bits per heavy atom. The Balaban J connectivity index is 2.90. The summed E-state index contributed by atoms with van der Waals surface area (Å²) in [5.41, 5.74) is 0. The molecule has 1 saturated heterocycles. The number of rotatable bonds is 1. The fourth-order valence-electron chi connectivity index (χ4n) is 1.09. The van der Waals surface area contributed by atoms with Gasteiger partial charge in [-0.25, -0.2) is 4.79 Å². The Kier molecular flexibility index (Phi) is 2.74. The zero-order chi connectivity index (χ0) is 11.1. The topological polar surface area (TPSA) is 127 Å². The summed E-state index contributed by atoms with van der Waals surface area (Å²) in [4.78, 5) is 10.3. The molecule has 8 heteroatoms. The standard InChI is InChI=1S/C6H9FO7/c7-6(13)4(10)2(9)1(8)3(14-6)5(11)12/h1-4,8-10,13H,(H,11,12)/t1-,2-,3-,4+,6+/m0/s1. The van der Waals surface area contributed by atoms with E-state index < -0.39 is 36.4 Å². The summed E-state index contributed by atoms with van der Waals surface area (Å²) >= 11 is 0. The van der Waals surface area contributed by atoms with Crippen LogP contribution in [-0.2, 0) is 9.53 Å². The Bertz CT molecular complexity index is 242. The smallest absolute Gasteiger partial charge is 0.348 e. The van der Waals surface area contributed by atoms with Crippen LogP contribution in [-0.4, -0.2) is 62.0 Å². The number of aliphatic hydroxyl groups excluding tert-OH is 3. The first-order valence-corrected chi connectivity index (χ1v) is 3.63. The lowest BCUT2D eigenvalue weighted by Crippen LogP contribution is -2.64. The van der Waals surface area contributed by atoms with Crippen molar-refractivity contribution in [1.82, 2.24) is 0 Å². The van der Waals surface area contributed by atoms with Gasteiger partial charge in [-0.2, -0.15) is 4.39 Å². The number of halogens is 1. The minimum Gasteiger partial charge on any atom is -0.479 e. The number of carboxylic acid groups (broad SMARTS) is 1. The Morgan fingerprint density at radius 2 is 1.79 bits per heavy atom. The van der Waals surface area contributed by atoms with E-state index >= 15 is 0 Å². The van der Waals surface area contributed by atoms with Gasteiger partial charge in [0.25, 0.3) is 0 Å². The van der Waals surface area contributed by atoms with E-state index in [9.17, 15) is 9.18 Å². The zero-order valence-corrected chi connectivity index (χ0v) is 6.74. The Labute approximate surface area is 77.0 Å². The predicted molar refractivity (Wildman–Crippen MR) is 36.6 cm³/mol. The second-order valence-corrected chi connectivity index (χ2v) is 2.91. The molecule has 0 amide bonds. The van der Waals surface area contributed by atoms with Crippen molar-refractivity contribution in [3.63, 3.8) is 0 Å². The SMILES string of the molecule is O=C(O)[C@H]1O[C@@](O)(F)[C@H](O)[C@@H](O)[C@@H]1O. The largest absolute Gasteiger partial charge is 0.479 e. The van der Waals surface area contributed by atoms with Crippen LogP contribution in [0.3, 0.4) is 0 Å². The van der Waals surface area contributed by atoms with Crippen LogP contribution < -0.4 is 0 Å². The average Bonchev–Trinajstić information content (AvgIpc) is 2.08. The van der Waals surface area contributed by atoms with Crippen LogP contribution in [0.25, 0.3) is 0 Å². The molecule has 0 aliphatic carbocycles. The number of hydrogen-bond acceptors (Lipinski definition) is 6. The Hall–Kier alpha value is -0.800. The maximum atomic E-state index is 12.8. The molecule has 1 aliphatic heterocycles. The molecular formula is C6H9FO7. The maximum absolute atomic E-state index is 12.8. The maximum Gasteiger partial charge on any atom is 0.348 e. The van der Waals surface area contributed by atoms with Gasteiger partial charge in [-0.1, -0.05) is 0 Å².